The largest absolute Gasteiger partial charge is 0.349 e. The Morgan fingerprint density at radius 1 is 1.24 bits per heavy atom. The topological polar surface area (TPSA) is 29.1 Å². The van der Waals surface area contributed by atoms with E-state index in [1.165, 1.54) is 43.2 Å². The second-order valence-corrected chi connectivity index (χ2v) is 7.24. The lowest BCUT2D eigenvalue weighted by atomic mass is 10.0. The zero-order valence-electron chi connectivity index (χ0n) is 13.2. The second-order valence-electron chi connectivity index (χ2n) is 5.96. The third-order valence-electron chi connectivity index (χ3n) is 4.27. The van der Waals surface area contributed by atoms with E-state index in [2.05, 4.69) is 43.4 Å². The van der Waals surface area contributed by atoms with Gasteiger partial charge in [-0.15, -0.1) is 11.8 Å². The maximum Gasteiger partial charge on any atom is 0.230 e. The Morgan fingerprint density at radius 2 is 1.90 bits per heavy atom. The van der Waals surface area contributed by atoms with Crippen LogP contribution in [-0.2, 0) is 11.2 Å². The first-order valence-electron chi connectivity index (χ1n) is 8.19. The minimum atomic E-state index is 0.0929. The van der Waals surface area contributed by atoms with E-state index < -0.39 is 0 Å². The van der Waals surface area contributed by atoms with Crippen LogP contribution in [0.15, 0.2) is 24.3 Å². The molecule has 0 saturated heterocycles. The smallest absolute Gasteiger partial charge is 0.230 e. The van der Waals surface area contributed by atoms with Crippen LogP contribution in [0.3, 0.4) is 0 Å². The van der Waals surface area contributed by atoms with Crippen molar-refractivity contribution in [2.24, 2.45) is 0 Å². The Bertz CT molecular complexity index is 437. The summed E-state index contributed by atoms with van der Waals surface area (Å²) in [7, 11) is 0. The summed E-state index contributed by atoms with van der Waals surface area (Å²) >= 11 is 1.84. The molecule has 3 heteroatoms. The highest BCUT2D eigenvalue weighted by Gasteiger charge is 2.16. The first-order chi connectivity index (χ1) is 10.2. The maximum absolute atomic E-state index is 12.1. The third kappa shape index (κ3) is 5.39. The van der Waals surface area contributed by atoms with Crippen LogP contribution in [0, 0.1) is 0 Å². The summed E-state index contributed by atoms with van der Waals surface area (Å²) in [4.78, 5) is 12.1. The molecule has 0 heterocycles. The lowest BCUT2D eigenvalue weighted by Gasteiger charge is -2.21. The van der Waals surface area contributed by atoms with Crippen molar-refractivity contribution < 1.29 is 4.79 Å². The normalized spacial score (nSPS) is 17.4. The van der Waals surface area contributed by atoms with Gasteiger partial charge in [0.25, 0.3) is 0 Å². The Kier molecular flexibility index (Phi) is 6.62. The molecule has 0 aliphatic heterocycles. The van der Waals surface area contributed by atoms with Crippen molar-refractivity contribution in [2.75, 3.05) is 5.75 Å². The number of benzene rings is 1. The predicted molar refractivity (Wildman–Crippen MR) is 91.7 cm³/mol. The van der Waals surface area contributed by atoms with Gasteiger partial charge in [0.2, 0.25) is 5.91 Å². The first-order valence-corrected chi connectivity index (χ1v) is 9.23. The molecular formula is C18H27NOS. The van der Waals surface area contributed by atoms with E-state index in [0.717, 1.165) is 6.42 Å². The van der Waals surface area contributed by atoms with Crippen molar-refractivity contribution in [3.63, 3.8) is 0 Å². The van der Waals surface area contributed by atoms with E-state index in [4.69, 9.17) is 0 Å². The summed E-state index contributed by atoms with van der Waals surface area (Å²) in [5.41, 5.74) is 2.52. The molecule has 1 unspecified atom stereocenters. The molecule has 1 aromatic rings. The van der Waals surface area contributed by atoms with Crippen LogP contribution in [0.25, 0.3) is 0 Å². The lowest BCUT2D eigenvalue weighted by Crippen LogP contribution is -2.29. The van der Waals surface area contributed by atoms with Crippen molar-refractivity contribution in [3.05, 3.63) is 35.4 Å². The van der Waals surface area contributed by atoms with E-state index in [0.29, 0.717) is 11.0 Å². The molecule has 0 aromatic heterocycles. The molecule has 2 rings (SSSR count). The highest BCUT2D eigenvalue weighted by Crippen LogP contribution is 2.28. The molecule has 0 radical (unpaired) electrons. The van der Waals surface area contributed by atoms with Crippen molar-refractivity contribution in [1.29, 1.82) is 0 Å². The molecule has 1 amide bonds. The highest BCUT2D eigenvalue weighted by atomic mass is 32.2. The van der Waals surface area contributed by atoms with Crippen LogP contribution in [0.4, 0.5) is 0 Å². The van der Waals surface area contributed by atoms with E-state index in [1.54, 1.807) is 0 Å². The molecule has 1 aromatic carbocycles. The lowest BCUT2D eigenvalue weighted by molar-refractivity contribution is -0.119. The zero-order valence-corrected chi connectivity index (χ0v) is 14.0. The number of nitrogens with one attached hydrogen (secondary N) is 1. The van der Waals surface area contributed by atoms with Crippen molar-refractivity contribution >= 4 is 17.7 Å². The Hall–Kier alpha value is -0.960. The van der Waals surface area contributed by atoms with Crippen molar-refractivity contribution in [1.82, 2.24) is 5.32 Å². The number of rotatable bonds is 6. The third-order valence-corrected chi connectivity index (χ3v) is 5.64. The van der Waals surface area contributed by atoms with Gasteiger partial charge < -0.3 is 5.32 Å². The van der Waals surface area contributed by atoms with Gasteiger partial charge in [0.1, 0.15) is 0 Å². The molecule has 116 valence electrons. The summed E-state index contributed by atoms with van der Waals surface area (Å²) < 4.78 is 0. The van der Waals surface area contributed by atoms with E-state index >= 15 is 0 Å². The van der Waals surface area contributed by atoms with Crippen LogP contribution in [0.5, 0.6) is 0 Å². The molecule has 0 bridgehead atoms. The quantitative estimate of drug-likeness (QED) is 0.839. The van der Waals surface area contributed by atoms with Crippen molar-refractivity contribution in [2.45, 2.75) is 63.7 Å². The number of hydrogen-bond acceptors (Lipinski definition) is 2. The fraction of sp³-hybridized carbons (Fsp3) is 0.611. The Morgan fingerprint density at radius 3 is 2.52 bits per heavy atom. The summed E-state index contributed by atoms with van der Waals surface area (Å²) in [6.07, 6.45) is 7.66. The van der Waals surface area contributed by atoms with Crippen LogP contribution in [0.1, 0.15) is 63.1 Å². The van der Waals surface area contributed by atoms with Crippen LogP contribution < -0.4 is 5.32 Å². The van der Waals surface area contributed by atoms with E-state index in [9.17, 15) is 4.79 Å². The van der Waals surface area contributed by atoms with E-state index in [-0.39, 0.29) is 11.9 Å². The summed E-state index contributed by atoms with van der Waals surface area (Å²) in [5.74, 6) is 0.764. The fourth-order valence-corrected chi connectivity index (χ4v) is 3.97. The number of carbonyl (C=O) groups is 1. The van der Waals surface area contributed by atoms with Crippen LogP contribution >= 0.6 is 11.8 Å². The van der Waals surface area contributed by atoms with Gasteiger partial charge in [0.15, 0.2) is 0 Å². The number of thioether (sulfide) groups is 1. The van der Waals surface area contributed by atoms with Gasteiger partial charge in [-0.3, -0.25) is 4.79 Å². The molecule has 1 saturated carbocycles. The van der Waals surface area contributed by atoms with Gasteiger partial charge in [-0.1, -0.05) is 50.5 Å². The van der Waals surface area contributed by atoms with Gasteiger partial charge in [-0.2, -0.15) is 0 Å². The number of hydrogen-bond donors (Lipinski definition) is 1. The Labute approximate surface area is 133 Å². The van der Waals surface area contributed by atoms with Gasteiger partial charge in [0.05, 0.1) is 11.8 Å². The first kappa shape index (κ1) is 16.4. The average molecular weight is 305 g/mol. The summed E-state index contributed by atoms with van der Waals surface area (Å²) in [6, 6.07) is 8.63. The molecular weight excluding hydrogens is 278 g/mol. The highest BCUT2D eigenvalue weighted by molar-refractivity contribution is 8.00. The molecule has 21 heavy (non-hydrogen) atoms. The molecule has 1 atom stereocenters. The maximum atomic E-state index is 12.1. The fourth-order valence-electron chi connectivity index (χ4n) is 2.83. The van der Waals surface area contributed by atoms with Gasteiger partial charge in [-0.25, -0.2) is 0 Å². The predicted octanol–water partition coefficient (Wildman–Crippen LogP) is 4.49. The summed E-state index contributed by atoms with van der Waals surface area (Å²) in [6.45, 7) is 4.22. The molecule has 2 nitrogen and oxygen atoms in total. The van der Waals surface area contributed by atoms with Gasteiger partial charge in [0, 0.05) is 5.25 Å². The molecule has 1 aliphatic carbocycles. The second kappa shape index (κ2) is 8.47. The molecule has 1 aliphatic rings. The van der Waals surface area contributed by atoms with Crippen LogP contribution in [0.2, 0.25) is 0 Å². The SMILES string of the molecule is CCc1ccc(C(C)NC(=O)CSC2CCCCC2)cc1. The van der Waals surface area contributed by atoms with E-state index in [1.807, 2.05) is 11.8 Å². The number of carbonyl (C=O) groups excluding carboxylic acids is 1. The minimum absolute atomic E-state index is 0.0929. The van der Waals surface area contributed by atoms with Gasteiger partial charge >= 0.3 is 0 Å². The monoisotopic (exact) mass is 305 g/mol. The van der Waals surface area contributed by atoms with Crippen LogP contribution in [-0.4, -0.2) is 16.9 Å². The minimum Gasteiger partial charge on any atom is -0.349 e. The molecule has 1 N–H and O–H groups in total. The number of aryl methyl sites for hydroxylation is 1. The average Bonchev–Trinajstić information content (AvgIpc) is 2.54. The number of amides is 1. The zero-order chi connectivity index (χ0) is 15.1. The summed E-state index contributed by atoms with van der Waals surface area (Å²) in [5, 5.41) is 3.81. The molecule has 0 spiro atoms. The Balaban J connectivity index is 1.75. The van der Waals surface area contributed by atoms with Gasteiger partial charge in [-0.05, 0) is 37.3 Å². The van der Waals surface area contributed by atoms with Crippen molar-refractivity contribution in [3.8, 4) is 0 Å². The standard InChI is InChI=1S/C18H27NOS/c1-3-15-9-11-16(12-10-15)14(2)19-18(20)13-21-17-7-5-4-6-8-17/h9-12,14,17H,3-8,13H2,1-2H3,(H,19,20). The molecule has 1 fully saturated rings.